The monoisotopic (exact) mass is 499 g/mol. The quantitative estimate of drug-likeness (QED) is 0.235. The molecule has 2 unspecified atom stereocenters. The minimum atomic E-state index is -0.903. The maximum atomic E-state index is 12.3. The number of aromatic nitrogens is 1. The standard InChI is InChI=1S/C29H29N3O5/c33-23-10-4-20(5-11-23)28-26(29(37-32-28)21-6-12-24(34)13-7-21)27(31-35)19-8-14-25(15-9-19)36-18-16-22-3-1-2-17-30-22/h4-15,22,27,30,33-34H,1-3,16-18H2. The average molecular weight is 500 g/mol. The van der Waals surface area contributed by atoms with Gasteiger partial charge in [0.05, 0.1) is 12.2 Å². The zero-order chi connectivity index (χ0) is 25.6. The van der Waals surface area contributed by atoms with Crippen LogP contribution < -0.4 is 10.1 Å². The third-order valence-corrected chi connectivity index (χ3v) is 6.72. The molecule has 1 fully saturated rings. The molecular weight excluding hydrogens is 470 g/mol. The summed E-state index contributed by atoms with van der Waals surface area (Å²) < 4.78 is 11.7. The highest BCUT2D eigenvalue weighted by atomic mass is 16.5. The Morgan fingerprint density at radius 3 is 2.24 bits per heavy atom. The van der Waals surface area contributed by atoms with E-state index >= 15 is 0 Å². The predicted octanol–water partition coefficient (Wildman–Crippen LogP) is 6.19. The fourth-order valence-corrected chi connectivity index (χ4v) is 4.72. The highest BCUT2D eigenvalue weighted by molar-refractivity contribution is 5.75. The van der Waals surface area contributed by atoms with Crippen LogP contribution in [-0.2, 0) is 0 Å². The fourth-order valence-electron chi connectivity index (χ4n) is 4.72. The van der Waals surface area contributed by atoms with Crippen molar-refractivity contribution in [3.05, 3.63) is 88.8 Å². The van der Waals surface area contributed by atoms with E-state index in [1.165, 1.54) is 19.3 Å². The lowest BCUT2D eigenvalue weighted by Gasteiger charge is -2.23. The molecule has 2 heterocycles. The van der Waals surface area contributed by atoms with E-state index in [9.17, 15) is 15.1 Å². The van der Waals surface area contributed by atoms with Crippen molar-refractivity contribution in [3.63, 3.8) is 0 Å². The Balaban J connectivity index is 1.43. The molecule has 1 aliphatic heterocycles. The second-order valence-electron chi connectivity index (χ2n) is 9.23. The number of piperidine rings is 1. The van der Waals surface area contributed by atoms with E-state index < -0.39 is 6.04 Å². The van der Waals surface area contributed by atoms with Crippen molar-refractivity contribution >= 4 is 0 Å². The first kappa shape index (κ1) is 24.5. The maximum Gasteiger partial charge on any atom is 0.173 e. The van der Waals surface area contributed by atoms with Gasteiger partial charge in [0, 0.05) is 17.2 Å². The summed E-state index contributed by atoms with van der Waals surface area (Å²) in [6, 6.07) is 19.9. The Morgan fingerprint density at radius 1 is 0.946 bits per heavy atom. The number of phenols is 2. The van der Waals surface area contributed by atoms with Crippen molar-refractivity contribution in [1.82, 2.24) is 10.5 Å². The minimum absolute atomic E-state index is 0.114. The van der Waals surface area contributed by atoms with Gasteiger partial charge in [-0.05, 0) is 92.0 Å². The Morgan fingerprint density at radius 2 is 1.62 bits per heavy atom. The van der Waals surface area contributed by atoms with Gasteiger partial charge >= 0.3 is 0 Å². The summed E-state index contributed by atoms with van der Waals surface area (Å²) in [6.07, 6.45) is 4.63. The van der Waals surface area contributed by atoms with Crippen LogP contribution in [0.5, 0.6) is 17.2 Å². The first-order chi connectivity index (χ1) is 18.1. The Labute approximate surface area is 214 Å². The summed E-state index contributed by atoms with van der Waals surface area (Å²) >= 11 is 0. The molecule has 0 bridgehead atoms. The van der Waals surface area contributed by atoms with Crippen LogP contribution in [0.15, 0.2) is 82.5 Å². The van der Waals surface area contributed by atoms with Crippen molar-refractivity contribution in [2.75, 3.05) is 13.2 Å². The maximum absolute atomic E-state index is 12.3. The second kappa shape index (κ2) is 11.3. The van der Waals surface area contributed by atoms with Gasteiger partial charge in [-0.1, -0.05) is 28.9 Å². The summed E-state index contributed by atoms with van der Waals surface area (Å²) in [5, 5.41) is 30.7. The molecule has 3 aromatic carbocycles. The van der Waals surface area contributed by atoms with Crippen molar-refractivity contribution in [3.8, 4) is 39.8 Å². The predicted molar refractivity (Wildman–Crippen MR) is 141 cm³/mol. The van der Waals surface area contributed by atoms with Gasteiger partial charge < -0.3 is 24.8 Å². The van der Waals surface area contributed by atoms with E-state index in [-0.39, 0.29) is 11.5 Å². The summed E-state index contributed by atoms with van der Waals surface area (Å²) in [5.41, 5.74) is 2.94. The van der Waals surface area contributed by atoms with Crippen LogP contribution in [0.25, 0.3) is 22.6 Å². The van der Waals surface area contributed by atoms with E-state index in [1.54, 1.807) is 48.5 Å². The fraction of sp³-hybridized carbons (Fsp3) is 0.276. The number of hydrogen-bond acceptors (Lipinski definition) is 8. The van der Waals surface area contributed by atoms with Crippen molar-refractivity contribution in [1.29, 1.82) is 0 Å². The van der Waals surface area contributed by atoms with Crippen LogP contribution in [-0.4, -0.2) is 34.6 Å². The lowest BCUT2D eigenvalue weighted by Crippen LogP contribution is -2.35. The topological polar surface area (TPSA) is 117 Å². The molecule has 8 nitrogen and oxygen atoms in total. The molecule has 1 saturated heterocycles. The van der Waals surface area contributed by atoms with Gasteiger partial charge in [-0.3, -0.25) is 0 Å². The summed E-state index contributed by atoms with van der Waals surface area (Å²) in [6.45, 7) is 1.69. The molecule has 0 aliphatic carbocycles. The average Bonchev–Trinajstić information content (AvgIpc) is 3.36. The molecule has 5 rings (SSSR count). The molecule has 0 saturated carbocycles. The third-order valence-electron chi connectivity index (χ3n) is 6.72. The Bertz CT molecular complexity index is 1250. The zero-order valence-electron chi connectivity index (χ0n) is 20.3. The number of nitrogens with one attached hydrogen (secondary N) is 1. The lowest BCUT2D eigenvalue weighted by atomic mass is 9.92. The highest BCUT2D eigenvalue weighted by Gasteiger charge is 2.29. The van der Waals surface area contributed by atoms with Crippen LogP contribution in [0.2, 0.25) is 0 Å². The minimum Gasteiger partial charge on any atom is -0.508 e. The van der Waals surface area contributed by atoms with Crippen molar-refractivity contribution in [2.24, 2.45) is 5.18 Å². The van der Waals surface area contributed by atoms with Crippen LogP contribution in [0.3, 0.4) is 0 Å². The van der Waals surface area contributed by atoms with Gasteiger partial charge in [0.15, 0.2) is 5.76 Å². The molecule has 0 radical (unpaired) electrons. The van der Waals surface area contributed by atoms with E-state index in [4.69, 9.17) is 9.26 Å². The molecule has 1 aromatic heterocycles. The molecule has 1 aliphatic rings. The van der Waals surface area contributed by atoms with Gasteiger partial charge in [0.2, 0.25) is 0 Å². The molecular formula is C29H29N3O5. The molecule has 3 N–H and O–H groups in total. The highest BCUT2D eigenvalue weighted by Crippen LogP contribution is 2.41. The number of rotatable bonds is 9. The second-order valence-corrected chi connectivity index (χ2v) is 9.23. The van der Waals surface area contributed by atoms with Gasteiger partial charge in [-0.15, -0.1) is 4.91 Å². The molecule has 2 atom stereocenters. The van der Waals surface area contributed by atoms with Crippen LogP contribution in [0, 0.1) is 4.91 Å². The first-order valence-electron chi connectivity index (χ1n) is 12.5. The number of ether oxygens (including phenoxy) is 1. The van der Waals surface area contributed by atoms with E-state index in [0.717, 1.165) is 18.7 Å². The van der Waals surface area contributed by atoms with E-state index in [2.05, 4.69) is 15.7 Å². The number of hydrogen-bond donors (Lipinski definition) is 3. The SMILES string of the molecule is O=NC(c1ccc(OCCC2CCCCN2)cc1)c1c(-c2ccc(O)cc2)noc1-c1ccc(O)cc1. The van der Waals surface area contributed by atoms with Gasteiger partial charge in [-0.2, -0.15) is 0 Å². The molecule has 0 spiro atoms. The summed E-state index contributed by atoms with van der Waals surface area (Å²) in [4.78, 5) is 12.3. The normalized spacial score (nSPS) is 16.3. The lowest BCUT2D eigenvalue weighted by molar-refractivity contribution is 0.268. The van der Waals surface area contributed by atoms with Crippen molar-refractivity contribution < 1.29 is 19.5 Å². The van der Waals surface area contributed by atoms with Crippen LogP contribution in [0.1, 0.15) is 42.9 Å². The molecule has 4 aromatic rings. The Kier molecular flexibility index (Phi) is 7.46. The van der Waals surface area contributed by atoms with Crippen LogP contribution >= 0.6 is 0 Å². The molecule has 0 amide bonds. The number of nitrogens with zero attached hydrogens (tertiary/aromatic N) is 2. The number of phenolic OH excluding ortho intramolecular Hbond substituents is 2. The zero-order valence-corrected chi connectivity index (χ0v) is 20.3. The van der Waals surface area contributed by atoms with Gasteiger partial charge in [0.25, 0.3) is 0 Å². The first-order valence-corrected chi connectivity index (χ1v) is 12.5. The summed E-state index contributed by atoms with van der Waals surface area (Å²) in [5.74, 6) is 1.34. The molecule has 8 heteroatoms. The van der Waals surface area contributed by atoms with Gasteiger partial charge in [0.1, 0.15) is 29.0 Å². The molecule has 37 heavy (non-hydrogen) atoms. The van der Waals surface area contributed by atoms with Crippen molar-refractivity contribution in [2.45, 2.75) is 37.8 Å². The summed E-state index contributed by atoms with van der Waals surface area (Å²) in [7, 11) is 0. The number of nitroso groups, excluding NO2 is 1. The third kappa shape index (κ3) is 5.65. The smallest absolute Gasteiger partial charge is 0.173 e. The van der Waals surface area contributed by atoms with Gasteiger partial charge in [-0.25, -0.2) is 0 Å². The largest absolute Gasteiger partial charge is 0.508 e. The number of aromatic hydroxyl groups is 2. The molecule has 190 valence electrons. The van der Waals surface area contributed by atoms with E-state index in [1.807, 2.05) is 24.3 Å². The van der Waals surface area contributed by atoms with Crippen LogP contribution in [0.4, 0.5) is 0 Å². The Hall–Kier alpha value is -4.17. The van der Waals surface area contributed by atoms with E-state index in [0.29, 0.717) is 46.4 Å². The number of benzene rings is 3.